The third-order valence-corrected chi connectivity index (χ3v) is 8.85. The van der Waals surface area contributed by atoms with Gasteiger partial charge in [-0.3, -0.25) is 18.7 Å². The van der Waals surface area contributed by atoms with Gasteiger partial charge in [-0.05, 0) is 6.42 Å². The van der Waals surface area contributed by atoms with Crippen molar-refractivity contribution in [2.24, 2.45) is 0 Å². The van der Waals surface area contributed by atoms with Crippen LogP contribution in [0, 0.1) is 0 Å². The molecule has 0 heterocycles. The van der Waals surface area contributed by atoms with Crippen molar-refractivity contribution in [1.82, 2.24) is 0 Å². The summed E-state index contributed by atoms with van der Waals surface area (Å²) in [6.07, 6.45) is 5.12. The summed E-state index contributed by atoms with van der Waals surface area (Å²) in [5, 5.41) is -1.46. The van der Waals surface area contributed by atoms with Crippen molar-refractivity contribution in [2.45, 2.75) is 18.2 Å². The standard InChI is InChI=1S/C18H28O9P2/c1-5-12-24-28(21,25-13-6-2)18(10-9-17(20)23-16-11-19)29(22,26-14-7-3)27-15-8-4/h5-8,11,18H,1-4,9-10,12-16H2. The SMILES string of the molecule is C=CCOP(=O)(OCC=C)C(CCC(=O)OCC=O)P(=O)(OCC=C)OCC=C. The molecule has 0 aromatic rings. The van der Waals surface area contributed by atoms with Gasteiger partial charge < -0.3 is 22.8 Å². The fraction of sp³-hybridized carbons (Fsp3) is 0.444. The fourth-order valence-corrected chi connectivity index (χ4v) is 7.15. The summed E-state index contributed by atoms with van der Waals surface area (Å²) >= 11 is 0. The first-order chi connectivity index (χ1) is 13.8. The van der Waals surface area contributed by atoms with Crippen molar-refractivity contribution in [1.29, 1.82) is 0 Å². The lowest BCUT2D eigenvalue weighted by Crippen LogP contribution is -2.20. The van der Waals surface area contributed by atoms with E-state index in [2.05, 4.69) is 31.1 Å². The molecule has 0 aromatic heterocycles. The van der Waals surface area contributed by atoms with Crippen LogP contribution in [-0.2, 0) is 41.6 Å². The molecule has 0 aromatic carbocycles. The Morgan fingerprint density at radius 1 is 0.759 bits per heavy atom. The van der Waals surface area contributed by atoms with Gasteiger partial charge in [0, 0.05) is 6.42 Å². The zero-order valence-corrected chi connectivity index (χ0v) is 18.1. The molecule has 0 spiro atoms. The average molecular weight is 450 g/mol. The van der Waals surface area contributed by atoms with Crippen molar-refractivity contribution < 1.29 is 41.6 Å². The number of esters is 1. The molecular weight excluding hydrogens is 422 g/mol. The van der Waals surface area contributed by atoms with E-state index < -0.39 is 33.2 Å². The third kappa shape index (κ3) is 10.1. The van der Waals surface area contributed by atoms with Crippen molar-refractivity contribution in [3.8, 4) is 0 Å². The van der Waals surface area contributed by atoms with Gasteiger partial charge in [0.1, 0.15) is 6.61 Å². The second kappa shape index (κ2) is 15.3. The first-order valence-electron chi connectivity index (χ1n) is 8.64. The molecule has 0 radical (unpaired) electrons. The van der Waals surface area contributed by atoms with Crippen LogP contribution in [0.4, 0.5) is 0 Å². The Morgan fingerprint density at radius 2 is 1.14 bits per heavy atom. The quantitative estimate of drug-likeness (QED) is 0.124. The Bertz CT molecular complexity index is 586. The van der Waals surface area contributed by atoms with Crippen LogP contribution in [0.1, 0.15) is 12.8 Å². The molecule has 0 amide bonds. The van der Waals surface area contributed by atoms with Crippen molar-refractivity contribution in [3.63, 3.8) is 0 Å². The average Bonchev–Trinajstić information content (AvgIpc) is 2.72. The molecule has 0 atom stereocenters. The highest BCUT2D eigenvalue weighted by molar-refractivity contribution is 7.72. The second-order valence-electron chi connectivity index (χ2n) is 5.29. The summed E-state index contributed by atoms with van der Waals surface area (Å²) in [4.78, 5) is 22.2. The minimum absolute atomic E-state index is 0.177. The molecule has 164 valence electrons. The van der Waals surface area contributed by atoms with Crippen LogP contribution < -0.4 is 0 Å². The van der Waals surface area contributed by atoms with Gasteiger partial charge in [0.15, 0.2) is 11.7 Å². The zero-order valence-electron chi connectivity index (χ0n) is 16.3. The monoisotopic (exact) mass is 450 g/mol. The Hall–Kier alpha value is -1.60. The van der Waals surface area contributed by atoms with Crippen LogP contribution in [0.3, 0.4) is 0 Å². The van der Waals surface area contributed by atoms with Gasteiger partial charge >= 0.3 is 21.2 Å². The van der Waals surface area contributed by atoms with E-state index in [9.17, 15) is 18.7 Å². The van der Waals surface area contributed by atoms with Gasteiger partial charge in [-0.2, -0.15) is 0 Å². The van der Waals surface area contributed by atoms with Crippen molar-refractivity contribution >= 4 is 27.4 Å². The van der Waals surface area contributed by atoms with Gasteiger partial charge in [0.05, 0.1) is 26.4 Å². The lowest BCUT2D eigenvalue weighted by Gasteiger charge is -2.31. The third-order valence-electron chi connectivity index (χ3n) is 3.14. The summed E-state index contributed by atoms with van der Waals surface area (Å²) in [5.74, 6) is -0.764. The molecule has 9 nitrogen and oxygen atoms in total. The van der Waals surface area contributed by atoms with Gasteiger partial charge in [-0.25, -0.2) is 0 Å². The molecule has 29 heavy (non-hydrogen) atoms. The normalized spacial score (nSPS) is 11.6. The van der Waals surface area contributed by atoms with E-state index in [1.807, 2.05) is 0 Å². The van der Waals surface area contributed by atoms with Gasteiger partial charge in [0.25, 0.3) is 0 Å². The lowest BCUT2D eigenvalue weighted by molar-refractivity contribution is -0.145. The highest BCUT2D eigenvalue weighted by atomic mass is 31.2. The Balaban J connectivity index is 5.97. The molecule has 0 aliphatic carbocycles. The van der Waals surface area contributed by atoms with E-state index in [0.29, 0.717) is 6.29 Å². The molecule has 0 fully saturated rings. The smallest absolute Gasteiger partial charge is 0.346 e. The highest BCUT2D eigenvalue weighted by Gasteiger charge is 2.51. The number of ether oxygens (including phenoxy) is 1. The summed E-state index contributed by atoms with van der Waals surface area (Å²) in [6, 6.07) is 0. The number of rotatable bonds is 19. The van der Waals surface area contributed by atoms with Crippen molar-refractivity contribution in [2.75, 3.05) is 33.0 Å². The molecular formula is C18H28O9P2. The second-order valence-corrected chi connectivity index (χ2v) is 10.1. The predicted molar refractivity (Wildman–Crippen MR) is 110 cm³/mol. The number of carbonyl (C=O) groups is 2. The molecule has 0 unspecified atom stereocenters. The summed E-state index contributed by atoms with van der Waals surface area (Å²) < 4.78 is 53.0. The Morgan fingerprint density at radius 3 is 1.45 bits per heavy atom. The molecule has 0 aliphatic rings. The fourth-order valence-electron chi connectivity index (χ4n) is 1.98. The Kier molecular flexibility index (Phi) is 14.4. The van der Waals surface area contributed by atoms with E-state index in [1.54, 1.807) is 0 Å². The van der Waals surface area contributed by atoms with Crippen LogP contribution in [0.2, 0.25) is 0 Å². The molecule has 0 N–H and O–H groups in total. The van der Waals surface area contributed by atoms with Crippen LogP contribution >= 0.6 is 15.2 Å². The highest BCUT2D eigenvalue weighted by Crippen LogP contribution is 2.71. The van der Waals surface area contributed by atoms with Crippen LogP contribution in [-0.4, -0.2) is 50.7 Å². The Labute approximate surface area is 171 Å². The topological polar surface area (TPSA) is 114 Å². The van der Waals surface area contributed by atoms with Crippen molar-refractivity contribution in [3.05, 3.63) is 50.6 Å². The number of aldehydes is 1. The van der Waals surface area contributed by atoms with Crippen LogP contribution in [0.15, 0.2) is 50.6 Å². The van der Waals surface area contributed by atoms with E-state index >= 15 is 0 Å². The predicted octanol–water partition coefficient (Wildman–Crippen LogP) is 4.03. The largest absolute Gasteiger partial charge is 0.458 e. The number of hydrogen-bond acceptors (Lipinski definition) is 9. The van der Waals surface area contributed by atoms with Crippen LogP contribution in [0.25, 0.3) is 0 Å². The minimum Gasteiger partial charge on any atom is -0.458 e. The number of hydrogen-bond donors (Lipinski definition) is 0. The lowest BCUT2D eigenvalue weighted by atomic mass is 10.3. The molecule has 0 saturated carbocycles. The van der Waals surface area contributed by atoms with E-state index in [1.165, 1.54) is 24.3 Å². The van der Waals surface area contributed by atoms with E-state index in [-0.39, 0.29) is 39.3 Å². The molecule has 0 saturated heterocycles. The zero-order chi connectivity index (χ0) is 22.2. The molecule has 0 rings (SSSR count). The van der Waals surface area contributed by atoms with Gasteiger partial charge in [0.2, 0.25) is 0 Å². The maximum Gasteiger partial charge on any atom is 0.346 e. The first kappa shape index (κ1) is 27.4. The summed E-state index contributed by atoms with van der Waals surface area (Å²) in [6.45, 7) is 12.8. The van der Waals surface area contributed by atoms with E-state index in [0.717, 1.165) is 0 Å². The number of carbonyl (C=O) groups excluding carboxylic acids is 2. The summed E-state index contributed by atoms with van der Waals surface area (Å²) in [7, 11) is -8.30. The maximum absolute atomic E-state index is 13.5. The maximum atomic E-state index is 13.5. The molecule has 0 bridgehead atoms. The van der Waals surface area contributed by atoms with Gasteiger partial charge in [-0.1, -0.05) is 24.3 Å². The van der Waals surface area contributed by atoms with Crippen LogP contribution in [0.5, 0.6) is 0 Å². The molecule has 0 aliphatic heterocycles. The summed E-state index contributed by atoms with van der Waals surface area (Å²) in [5.41, 5.74) is 0. The first-order valence-corrected chi connectivity index (χ1v) is 11.9. The minimum atomic E-state index is -4.15. The van der Waals surface area contributed by atoms with E-state index in [4.69, 9.17) is 18.1 Å². The molecule has 11 heteroatoms. The van der Waals surface area contributed by atoms with Gasteiger partial charge in [-0.15, -0.1) is 26.3 Å².